The number of para-hydroxylation sites is 2. The molecule has 0 aliphatic carbocycles. The van der Waals surface area contributed by atoms with Crippen LogP contribution in [0.25, 0.3) is 5.69 Å². The number of aromatic nitrogens is 2. The minimum atomic E-state index is -3.74. The van der Waals surface area contributed by atoms with E-state index in [9.17, 15) is 13.2 Å². The predicted octanol–water partition coefficient (Wildman–Crippen LogP) is 7.53. The number of ether oxygens (including phenoxy) is 2. The van der Waals surface area contributed by atoms with Crippen molar-refractivity contribution in [2.75, 3.05) is 23.4 Å². The van der Waals surface area contributed by atoms with Gasteiger partial charge in [0, 0.05) is 5.56 Å². The summed E-state index contributed by atoms with van der Waals surface area (Å²) >= 11 is 0. The summed E-state index contributed by atoms with van der Waals surface area (Å²) in [6.45, 7) is 10.8. The molecule has 10 nitrogen and oxygen atoms in total. The van der Waals surface area contributed by atoms with Gasteiger partial charge in [-0.05, 0) is 98.5 Å². The molecule has 1 amide bonds. The molecule has 2 aliphatic rings. The Morgan fingerprint density at radius 3 is 2.18 bits per heavy atom. The summed E-state index contributed by atoms with van der Waals surface area (Å²) in [5.41, 5.74) is 5.52. The van der Waals surface area contributed by atoms with Crippen LogP contribution in [0.1, 0.15) is 62.0 Å². The average Bonchev–Trinajstić information content (AvgIpc) is 3.44. The highest BCUT2D eigenvalue weighted by Gasteiger charge is 2.43. The number of amidine groups is 1. The number of aliphatic imine (C=N–C) groups is 1. The molecule has 250 valence electrons. The fourth-order valence-electron chi connectivity index (χ4n) is 6.41. The molecule has 3 heterocycles. The number of sulfone groups is 1. The lowest BCUT2D eigenvalue weighted by Gasteiger charge is -2.40. The number of nitrogens with zero attached hydrogens (tertiary/aromatic N) is 4. The number of nitrogens with one attached hydrogen (secondary N) is 1. The summed E-state index contributed by atoms with van der Waals surface area (Å²) in [6.07, 6.45) is 0. The molecule has 1 unspecified atom stereocenters. The first-order valence-corrected chi connectivity index (χ1v) is 17.8. The van der Waals surface area contributed by atoms with E-state index >= 15 is 0 Å². The second-order valence-corrected chi connectivity index (χ2v) is 14.2. The van der Waals surface area contributed by atoms with Gasteiger partial charge in [-0.15, -0.1) is 0 Å². The summed E-state index contributed by atoms with van der Waals surface area (Å²) in [4.78, 5) is 20.9. The molecule has 1 N–H and O–H groups in total. The first-order chi connectivity index (χ1) is 23.6. The molecule has 0 saturated carbocycles. The second-order valence-electron chi connectivity index (χ2n) is 12.2. The summed E-state index contributed by atoms with van der Waals surface area (Å²) in [5, 5.41) is 7.89. The van der Waals surface area contributed by atoms with Crippen molar-refractivity contribution in [3.05, 3.63) is 113 Å². The van der Waals surface area contributed by atoms with Crippen LogP contribution < -0.4 is 19.7 Å². The van der Waals surface area contributed by atoms with Crippen molar-refractivity contribution in [2.45, 2.75) is 56.4 Å². The Hall–Kier alpha value is -5.42. The highest BCUT2D eigenvalue weighted by Crippen LogP contribution is 2.48. The van der Waals surface area contributed by atoms with Crippen LogP contribution >= 0.6 is 0 Å². The standard InChI is InChI=1S/C38H37N5O5S/c1-6-47-32-21-14-26(22-33(32)48-7-2)35-34-24(5)41-43(36(34)40-37-38(44)39-30-10-8-9-11-31(30)42(35)37)27-15-19-29(20-16-27)49(45,46)28-17-12-25(13-18-28)23(3)4/h8-23,35H,6-7H2,1-5H3,(H,39,44). The van der Waals surface area contributed by atoms with Crippen molar-refractivity contribution in [1.29, 1.82) is 0 Å². The van der Waals surface area contributed by atoms with Gasteiger partial charge in [0.1, 0.15) is 0 Å². The molecule has 11 heteroatoms. The Balaban J connectivity index is 1.36. The number of hydrogen-bond acceptors (Lipinski definition) is 8. The van der Waals surface area contributed by atoms with E-state index in [2.05, 4.69) is 19.2 Å². The summed E-state index contributed by atoms with van der Waals surface area (Å²) in [5.74, 6) is 1.88. The van der Waals surface area contributed by atoms with Crippen LogP contribution in [0.5, 0.6) is 11.5 Å². The number of amides is 1. The number of hydrogen-bond donors (Lipinski definition) is 1. The number of carbonyl (C=O) groups is 1. The molecule has 49 heavy (non-hydrogen) atoms. The number of benzene rings is 4. The van der Waals surface area contributed by atoms with E-state index in [1.165, 1.54) is 0 Å². The maximum absolute atomic E-state index is 13.7. The first-order valence-electron chi connectivity index (χ1n) is 16.3. The average molecular weight is 676 g/mol. The molecule has 1 aromatic heterocycles. The Kier molecular flexibility index (Phi) is 8.23. The van der Waals surface area contributed by atoms with Crippen LogP contribution in [-0.4, -0.2) is 43.2 Å². The molecule has 7 rings (SSSR count). The van der Waals surface area contributed by atoms with Crippen molar-refractivity contribution in [2.24, 2.45) is 4.99 Å². The van der Waals surface area contributed by atoms with Crippen molar-refractivity contribution in [3.8, 4) is 17.2 Å². The van der Waals surface area contributed by atoms with E-state index in [1.807, 2.05) is 80.3 Å². The third-order valence-electron chi connectivity index (χ3n) is 8.80. The molecule has 0 bridgehead atoms. The molecule has 2 aliphatic heterocycles. The maximum atomic E-state index is 13.7. The van der Waals surface area contributed by atoms with Gasteiger partial charge in [0.2, 0.25) is 15.7 Å². The van der Waals surface area contributed by atoms with Crippen LogP contribution in [0.3, 0.4) is 0 Å². The minimum absolute atomic E-state index is 0.169. The lowest BCUT2D eigenvalue weighted by Crippen LogP contribution is -2.48. The zero-order chi connectivity index (χ0) is 34.4. The molecular weight excluding hydrogens is 639 g/mol. The minimum Gasteiger partial charge on any atom is -0.490 e. The van der Waals surface area contributed by atoms with Gasteiger partial charge in [0.15, 0.2) is 17.3 Å². The third kappa shape index (κ3) is 5.53. The zero-order valence-corrected chi connectivity index (χ0v) is 28.8. The van der Waals surface area contributed by atoms with E-state index in [-0.39, 0.29) is 21.5 Å². The van der Waals surface area contributed by atoms with E-state index in [4.69, 9.17) is 19.6 Å². The molecule has 4 aromatic carbocycles. The smallest absolute Gasteiger partial charge is 0.291 e. The van der Waals surface area contributed by atoms with Crippen molar-refractivity contribution < 1.29 is 22.7 Å². The van der Waals surface area contributed by atoms with Gasteiger partial charge in [-0.2, -0.15) is 5.10 Å². The summed E-state index contributed by atoms with van der Waals surface area (Å²) < 4.78 is 40.6. The number of anilines is 2. The molecule has 0 fully saturated rings. The number of carbonyl (C=O) groups excluding carboxylic acids is 1. The monoisotopic (exact) mass is 675 g/mol. The van der Waals surface area contributed by atoms with Gasteiger partial charge in [-0.3, -0.25) is 4.79 Å². The van der Waals surface area contributed by atoms with E-state index in [0.29, 0.717) is 53.5 Å². The van der Waals surface area contributed by atoms with Gasteiger partial charge in [-0.1, -0.05) is 44.2 Å². The van der Waals surface area contributed by atoms with Gasteiger partial charge in [0.05, 0.1) is 51.8 Å². The Bertz CT molecular complexity index is 2210. The van der Waals surface area contributed by atoms with Crippen LogP contribution in [0.2, 0.25) is 0 Å². The molecular formula is C38H37N5O5S. The van der Waals surface area contributed by atoms with Crippen LogP contribution in [0.15, 0.2) is 106 Å². The highest BCUT2D eigenvalue weighted by molar-refractivity contribution is 7.91. The Labute approximate surface area is 285 Å². The Morgan fingerprint density at radius 1 is 0.857 bits per heavy atom. The van der Waals surface area contributed by atoms with Crippen LogP contribution in [0.4, 0.5) is 17.2 Å². The molecule has 5 aromatic rings. The van der Waals surface area contributed by atoms with Gasteiger partial charge in [-0.25, -0.2) is 18.1 Å². The number of fused-ring (bicyclic) bond motifs is 4. The fourth-order valence-corrected chi connectivity index (χ4v) is 7.67. The third-order valence-corrected chi connectivity index (χ3v) is 10.6. The van der Waals surface area contributed by atoms with Gasteiger partial charge >= 0.3 is 0 Å². The lowest BCUT2D eigenvalue weighted by atomic mass is 9.93. The number of rotatable bonds is 9. The molecule has 0 saturated heterocycles. The molecule has 1 atom stereocenters. The quantitative estimate of drug-likeness (QED) is 0.172. The van der Waals surface area contributed by atoms with Crippen molar-refractivity contribution in [1.82, 2.24) is 9.78 Å². The van der Waals surface area contributed by atoms with E-state index < -0.39 is 15.9 Å². The number of aryl methyl sites for hydroxylation is 1. The van der Waals surface area contributed by atoms with E-state index in [1.54, 1.807) is 41.1 Å². The zero-order valence-electron chi connectivity index (χ0n) is 28.0. The second kappa shape index (κ2) is 12.6. The van der Waals surface area contributed by atoms with Crippen LogP contribution in [-0.2, 0) is 14.6 Å². The molecule has 0 radical (unpaired) electrons. The van der Waals surface area contributed by atoms with Gasteiger partial charge in [0.25, 0.3) is 5.91 Å². The highest BCUT2D eigenvalue weighted by atomic mass is 32.2. The topological polar surface area (TPSA) is 115 Å². The van der Waals surface area contributed by atoms with Crippen molar-refractivity contribution in [3.63, 3.8) is 0 Å². The maximum Gasteiger partial charge on any atom is 0.291 e. The normalized spacial score (nSPS) is 15.2. The molecule has 0 spiro atoms. The summed E-state index contributed by atoms with van der Waals surface area (Å²) in [7, 11) is -3.74. The summed E-state index contributed by atoms with van der Waals surface area (Å²) in [6, 6.07) is 26.5. The van der Waals surface area contributed by atoms with E-state index in [0.717, 1.165) is 22.4 Å². The predicted molar refractivity (Wildman–Crippen MR) is 190 cm³/mol. The Morgan fingerprint density at radius 2 is 1.51 bits per heavy atom. The first kappa shape index (κ1) is 32.1. The van der Waals surface area contributed by atoms with Crippen LogP contribution in [0, 0.1) is 6.92 Å². The van der Waals surface area contributed by atoms with Crippen molar-refractivity contribution >= 4 is 38.8 Å². The SMILES string of the molecule is CCOc1ccc(C2c3c(C)nn(-c4ccc(S(=O)(=O)c5ccc(C(C)C)cc5)cc4)c3N=C3C(=O)Nc4ccccc4N32)cc1OCC. The lowest BCUT2D eigenvalue weighted by molar-refractivity contribution is -0.110. The fraction of sp³-hybridized carbons (Fsp3) is 0.237. The van der Waals surface area contributed by atoms with Gasteiger partial charge < -0.3 is 19.7 Å². The largest absolute Gasteiger partial charge is 0.490 e.